The van der Waals surface area contributed by atoms with Crippen LogP contribution in [-0.2, 0) is 10.0 Å². The van der Waals surface area contributed by atoms with E-state index >= 15 is 0 Å². The second-order valence-corrected chi connectivity index (χ2v) is 10.5. The molecule has 1 atom stereocenters. The van der Waals surface area contributed by atoms with Gasteiger partial charge in [0.15, 0.2) is 0 Å². The van der Waals surface area contributed by atoms with E-state index in [1.165, 1.54) is 10.7 Å². The van der Waals surface area contributed by atoms with E-state index in [4.69, 9.17) is 9.84 Å². The fourth-order valence-corrected chi connectivity index (χ4v) is 5.18. The molecule has 1 aliphatic heterocycles. The van der Waals surface area contributed by atoms with E-state index in [9.17, 15) is 8.42 Å². The highest BCUT2D eigenvalue weighted by Crippen LogP contribution is 2.40. The Hall–Kier alpha value is -3.91. The lowest BCUT2D eigenvalue weighted by Crippen LogP contribution is -2.26. The van der Waals surface area contributed by atoms with Crippen molar-refractivity contribution in [2.45, 2.75) is 19.4 Å². The second kappa shape index (κ2) is 9.03. The molecule has 0 unspecified atom stereocenters. The topological polar surface area (TPSA) is 76.8 Å². The van der Waals surface area contributed by atoms with Crippen molar-refractivity contribution in [3.05, 3.63) is 102 Å². The molecule has 5 rings (SSSR count). The zero-order valence-corrected chi connectivity index (χ0v) is 20.6. The predicted octanol–water partition coefficient (Wildman–Crippen LogP) is 4.97. The molecule has 0 fully saturated rings. The van der Waals surface area contributed by atoms with Gasteiger partial charge in [-0.1, -0.05) is 60.2 Å². The molecule has 1 aromatic heterocycles. The van der Waals surface area contributed by atoms with Gasteiger partial charge in [-0.25, -0.2) is 13.1 Å². The largest absolute Gasteiger partial charge is 0.497 e. The zero-order valence-electron chi connectivity index (χ0n) is 19.8. The van der Waals surface area contributed by atoms with Crippen LogP contribution in [0.5, 0.6) is 5.75 Å². The van der Waals surface area contributed by atoms with Gasteiger partial charge in [-0.2, -0.15) is 14.6 Å². The molecule has 0 bridgehead atoms. The lowest BCUT2D eigenvalue weighted by molar-refractivity contribution is 0.375. The normalized spacial score (nSPS) is 15.8. The third-order valence-electron chi connectivity index (χ3n) is 6.06. The number of aryl methyl sites for hydroxylation is 1. The number of sulfonamides is 1. The molecule has 2 heterocycles. The van der Waals surface area contributed by atoms with Crippen molar-refractivity contribution in [3.8, 4) is 22.7 Å². The maximum absolute atomic E-state index is 12.8. The van der Waals surface area contributed by atoms with Gasteiger partial charge in [0.25, 0.3) is 0 Å². The van der Waals surface area contributed by atoms with Crippen molar-refractivity contribution in [3.63, 3.8) is 0 Å². The minimum absolute atomic E-state index is 0.438. The summed E-state index contributed by atoms with van der Waals surface area (Å²) in [6, 6.07) is 24.8. The van der Waals surface area contributed by atoms with Crippen LogP contribution in [0.3, 0.4) is 0 Å². The molecule has 0 saturated heterocycles. The van der Waals surface area contributed by atoms with E-state index in [-0.39, 0.29) is 0 Å². The average molecular weight is 487 g/mol. The Morgan fingerprint density at radius 3 is 2.37 bits per heavy atom. The number of aromatic nitrogens is 2. The van der Waals surface area contributed by atoms with Crippen molar-refractivity contribution < 1.29 is 13.2 Å². The van der Waals surface area contributed by atoms with Gasteiger partial charge in [-0.3, -0.25) is 0 Å². The summed E-state index contributed by atoms with van der Waals surface area (Å²) in [5.74, 6) is 0.700. The Balaban J connectivity index is 1.65. The Morgan fingerprint density at radius 2 is 1.69 bits per heavy atom. The van der Waals surface area contributed by atoms with Crippen molar-refractivity contribution in [1.29, 1.82) is 0 Å². The summed E-state index contributed by atoms with van der Waals surface area (Å²) in [5, 5.41) is 9.45. The molecule has 7 nitrogen and oxygen atoms in total. The van der Waals surface area contributed by atoms with Gasteiger partial charge >= 0.3 is 0 Å². The smallest absolute Gasteiger partial charge is 0.247 e. The number of hydrogen-bond acceptors (Lipinski definition) is 5. The van der Waals surface area contributed by atoms with Gasteiger partial charge in [0, 0.05) is 23.7 Å². The van der Waals surface area contributed by atoms with Crippen LogP contribution in [0.25, 0.3) is 16.9 Å². The van der Waals surface area contributed by atoms with Crippen LogP contribution in [0.1, 0.15) is 29.2 Å². The first kappa shape index (κ1) is 22.9. The monoisotopic (exact) mass is 486 g/mol. The summed E-state index contributed by atoms with van der Waals surface area (Å²) in [7, 11) is -2.01. The van der Waals surface area contributed by atoms with E-state index in [2.05, 4.69) is 5.10 Å². The zero-order chi connectivity index (χ0) is 24.6. The molecule has 4 aromatic rings. The number of methoxy groups -OCH3 is 1. The maximum Gasteiger partial charge on any atom is 0.247 e. The van der Waals surface area contributed by atoms with Crippen LogP contribution >= 0.6 is 0 Å². The lowest BCUT2D eigenvalue weighted by Gasteiger charge is -2.21. The molecular weight excluding hydrogens is 460 g/mol. The van der Waals surface area contributed by atoms with Crippen molar-refractivity contribution in [1.82, 2.24) is 14.2 Å². The van der Waals surface area contributed by atoms with Crippen LogP contribution in [-0.4, -0.2) is 41.7 Å². The van der Waals surface area contributed by atoms with Gasteiger partial charge in [-0.05, 0) is 36.8 Å². The quantitative estimate of drug-likeness (QED) is 0.386. The van der Waals surface area contributed by atoms with E-state index < -0.39 is 16.1 Å². The fraction of sp³-hybridized carbons (Fsp3) is 0.185. The fourth-order valence-electron chi connectivity index (χ4n) is 4.29. The average Bonchev–Trinajstić information content (AvgIpc) is 3.50. The number of ether oxygens (including phenoxy) is 1. The van der Waals surface area contributed by atoms with Crippen molar-refractivity contribution in [2.24, 2.45) is 5.10 Å². The van der Waals surface area contributed by atoms with Gasteiger partial charge in [-0.15, -0.1) is 0 Å². The van der Waals surface area contributed by atoms with E-state index in [0.29, 0.717) is 17.9 Å². The Labute approximate surface area is 205 Å². The molecule has 178 valence electrons. The number of para-hydroxylation sites is 1. The summed E-state index contributed by atoms with van der Waals surface area (Å²) in [6.45, 7) is 2.02. The Bertz CT molecular complexity index is 1490. The van der Waals surface area contributed by atoms with Crippen LogP contribution < -0.4 is 4.74 Å². The van der Waals surface area contributed by atoms with E-state index in [1.807, 2.05) is 92.0 Å². The number of hydrazone groups is 1. The molecule has 8 heteroatoms. The van der Waals surface area contributed by atoms with Crippen molar-refractivity contribution >= 4 is 15.7 Å². The molecule has 0 amide bonds. The van der Waals surface area contributed by atoms with Gasteiger partial charge in [0.2, 0.25) is 10.0 Å². The highest BCUT2D eigenvalue weighted by Gasteiger charge is 2.37. The second-order valence-electron chi connectivity index (χ2n) is 8.61. The number of nitrogens with zero attached hydrogens (tertiary/aromatic N) is 4. The van der Waals surface area contributed by atoms with E-state index in [1.54, 1.807) is 11.8 Å². The highest BCUT2D eigenvalue weighted by molar-refractivity contribution is 7.88. The van der Waals surface area contributed by atoms with Gasteiger partial charge in [0.05, 0.1) is 36.5 Å². The molecule has 35 heavy (non-hydrogen) atoms. The molecule has 0 N–H and O–H groups in total. The Kier molecular flexibility index (Phi) is 5.90. The number of hydrogen-bond donors (Lipinski definition) is 0. The van der Waals surface area contributed by atoms with E-state index in [0.717, 1.165) is 33.7 Å². The third-order valence-corrected chi connectivity index (χ3v) is 7.08. The lowest BCUT2D eigenvalue weighted by atomic mass is 9.97. The van der Waals surface area contributed by atoms with Crippen LogP contribution in [0.15, 0.2) is 90.2 Å². The maximum atomic E-state index is 12.8. The molecule has 0 spiro atoms. The summed E-state index contributed by atoms with van der Waals surface area (Å²) < 4.78 is 34.1. The summed E-state index contributed by atoms with van der Waals surface area (Å²) >= 11 is 0. The minimum atomic E-state index is -3.63. The highest BCUT2D eigenvalue weighted by atomic mass is 32.2. The van der Waals surface area contributed by atoms with Gasteiger partial charge in [0.1, 0.15) is 5.75 Å². The molecular formula is C27H26N4O3S. The molecule has 3 aromatic carbocycles. The predicted molar refractivity (Wildman–Crippen MR) is 137 cm³/mol. The Morgan fingerprint density at radius 1 is 0.943 bits per heavy atom. The van der Waals surface area contributed by atoms with Gasteiger partial charge < -0.3 is 4.74 Å². The third kappa shape index (κ3) is 4.57. The standard InChI is InChI=1S/C27H26N4O3S/c1-19-12-14-20(15-13-19)25-17-26(31(28-25)35(3,32)33)24-18-30(22-9-5-4-6-10-22)29-27(24)21-8-7-11-23(16-21)34-2/h4-16,18,26H,17H2,1-3H3/t26-/m0/s1. The molecule has 0 aliphatic carbocycles. The van der Waals surface area contributed by atoms with Crippen molar-refractivity contribution in [2.75, 3.05) is 13.4 Å². The number of rotatable bonds is 6. The van der Waals surface area contributed by atoms with Crippen LogP contribution in [0.4, 0.5) is 0 Å². The summed E-state index contributed by atoms with van der Waals surface area (Å²) in [4.78, 5) is 0. The molecule has 0 saturated carbocycles. The summed E-state index contributed by atoms with van der Waals surface area (Å²) in [5.41, 5.74) is 5.95. The molecule has 0 radical (unpaired) electrons. The van der Waals surface area contributed by atoms with Crippen LogP contribution in [0, 0.1) is 6.92 Å². The molecule has 1 aliphatic rings. The summed E-state index contributed by atoms with van der Waals surface area (Å²) in [6.07, 6.45) is 3.53. The SMILES string of the molecule is COc1cccc(-c2nn(-c3ccccc3)cc2[C@@H]2CC(c3ccc(C)cc3)=NN2S(C)(=O)=O)c1. The first-order valence-electron chi connectivity index (χ1n) is 11.3. The number of benzene rings is 3. The minimum Gasteiger partial charge on any atom is -0.497 e. The first-order chi connectivity index (χ1) is 16.8. The first-order valence-corrected chi connectivity index (χ1v) is 13.1. The van der Waals surface area contributed by atoms with Crippen LogP contribution in [0.2, 0.25) is 0 Å².